The maximum absolute atomic E-state index is 10.9. The molecule has 1 rings (SSSR count). The van der Waals surface area contributed by atoms with Gasteiger partial charge in [0.15, 0.2) is 0 Å². The minimum Gasteiger partial charge on any atom is -0.300 e. The normalized spacial score (nSPS) is 19.2. The SMILES string of the molecule is CC.CS(=O)(=O)N1CCC(=O)CC1. The molecule has 0 saturated carbocycles. The van der Waals surface area contributed by atoms with Gasteiger partial charge in [0.25, 0.3) is 0 Å². The van der Waals surface area contributed by atoms with Crippen molar-refractivity contribution in [3.05, 3.63) is 0 Å². The van der Waals surface area contributed by atoms with Gasteiger partial charge < -0.3 is 0 Å². The van der Waals surface area contributed by atoms with Crippen molar-refractivity contribution in [1.29, 1.82) is 0 Å². The number of nitrogens with zero attached hydrogens (tertiary/aromatic N) is 1. The Labute approximate surface area is 80.0 Å². The van der Waals surface area contributed by atoms with Gasteiger partial charge in [0, 0.05) is 25.9 Å². The third-order valence-electron chi connectivity index (χ3n) is 1.75. The quantitative estimate of drug-likeness (QED) is 0.634. The third-order valence-corrected chi connectivity index (χ3v) is 3.05. The summed E-state index contributed by atoms with van der Waals surface area (Å²) in [7, 11) is -3.07. The summed E-state index contributed by atoms with van der Waals surface area (Å²) in [6.45, 7) is 4.72. The lowest BCUT2D eigenvalue weighted by Gasteiger charge is -2.22. The summed E-state index contributed by atoms with van der Waals surface area (Å²) in [6, 6.07) is 0. The van der Waals surface area contributed by atoms with Crippen LogP contribution in [0.1, 0.15) is 26.7 Å². The van der Waals surface area contributed by atoms with E-state index in [0.717, 1.165) is 0 Å². The molecule has 1 aliphatic heterocycles. The molecule has 0 aromatic heterocycles. The second-order valence-electron chi connectivity index (χ2n) is 2.70. The lowest BCUT2D eigenvalue weighted by Crippen LogP contribution is -2.37. The van der Waals surface area contributed by atoms with Gasteiger partial charge in [-0.05, 0) is 0 Å². The Hall–Kier alpha value is -0.420. The fraction of sp³-hybridized carbons (Fsp3) is 0.875. The van der Waals surface area contributed by atoms with Crippen molar-refractivity contribution in [1.82, 2.24) is 4.31 Å². The van der Waals surface area contributed by atoms with Crippen LogP contribution in [0, 0.1) is 0 Å². The number of hydrogen-bond donors (Lipinski definition) is 0. The molecule has 0 unspecified atom stereocenters. The van der Waals surface area contributed by atoms with Crippen LogP contribution in [0.15, 0.2) is 0 Å². The number of rotatable bonds is 1. The number of hydrogen-bond acceptors (Lipinski definition) is 3. The summed E-state index contributed by atoms with van der Waals surface area (Å²) in [6.07, 6.45) is 1.91. The Kier molecular flexibility index (Phi) is 5.17. The number of piperidine rings is 1. The molecule has 1 fully saturated rings. The first-order valence-electron chi connectivity index (χ1n) is 4.47. The minimum atomic E-state index is -3.07. The monoisotopic (exact) mass is 207 g/mol. The van der Waals surface area contributed by atoms with Gasteiger partial charge in [0.1, 0.15) is 5.78 Å². The number of Topliss-reactive ketones (excluding diaryl/α,β-unsaturated/α-hetero) is 1. The highest BCUT2D eigenvalue weighted by Crippen LogP contribution is 2.08. The zero-order valence-corrected chi connectivity index (χ0v) is 9.23. The highest BCUT2D eigenvalue weighted by molar-refractivity contribution is 7.88. The number of sulfonamides is 1. The maximum atomic E-state index is 10.9. The molecular weight excluding hydrogens is 190 g/mol. The first-order valence-corrected chi connectivity index (χ1v) is 6.32. The molecule has 0 spiro atoms. The first kappa shape index (κ1) is 12.6. The molecule has 0 amide bonds. The molecule has 0 atom stereocenters. The number of carbonyl (C=O) groups is 1. The van der Waals surface area contributed by atoms with E-state index < -0.39 is 10.0 Å². The second-order valence-corrected chi connectivity index (χ2v) is 4.68. The average molecular weight is 207 g/mol. The molecule has 1 heterocycles. The van der Waals surface area contributed by atoms with E-state index in [2.05, 4.69) is 0 Å². The van der Waals surface area contributed by atoms with Crippen molar-refractivity contribution in [2.75, 3.05) is 19.3 Å². The van der Waals surface area contributed by atoms with Gasteiger partial charge in [-0.1, -0.05) is 13.8 Å². The average Bonchev–Trinajstić information content (AvgIpc) is 2.07. The topological polar surface area (TPSA) is 54.5 Å². The predicted molar refractivity (Wildman–Crippen MR) is 52.0 cm³/mol. The van der Waals surface area contributed by atoms with Gasteiger partial charge in [-0.3, -0.25) is 4.79 Å². The van der Waals surface area contributed by atoms with E-state index in [4.69, 9.17) is 0 Å². The Bertz CT molecular complexity index is 249. The Morgan fingerprint density at radius 1 is 1.15 bits per heavy atom. The van der Waals surface area contributed by atoms with Crippen LogP contribution in [0.4, 0.5) is 0 Å². The van der Waals surface area contributed by atoms with Crippen LogP contribution >= 0.6 is 0 Å². The highest BCUT2D eigenvalue weighted by atomic mass is 32.2. The fourth-order valence-corrected chi connectivity index (χ4v) is 1.91. The van der Waals surface area contributed by atoms with Crippen LogP contribution in [0.25, 0.3) is 0 Å². The van der Waals surface area contributed by atoms with Crippen molar-refractivity contribution < 1.29 is 13.2 Å². The zero-order chi connectivity index (χ0) is 10.5. The van der Waals surface area contributed by atoms with Gasteiger partial charge >= 0.3 is 0 Å². The Balaban J connectivity index is 0.000000671. The van der Waals surface area contributed by atoms with E-state index in [9.17, 15) is 13.2 Å². The van der Waals surface area contributed by atoms with Crippen molar-refractivity contribution >= 4 is 15.8 Å². The standard InChI is InChI=1S/C6H11NO3S.C2H6/c1-11(9,10)7-4-2-6(8)3-5-7;1-2/h2-5H2,1H3;1-2H3. The van der Waals surface area contributed by atoms with Gasteiger partial charge in [0.2, 0.25) is 10.0 Å². The van der Waals surface area contributed by atoms with Gasteiger partial charge in [-0.25, -0.2) is 12.7 Å². The van der Waals surface area contributed by atoms with Crippen molar-refractivity contribution in [3.63, 3.8) is 0 Å². The predicted octanol–water partition coefficient (Wildman–Crippen LogP) is 0.637. The molecule has 0 radical (unpaired) electrons. The van der Waals surface area contributed by atoms with Crippen LogP contribution in [0.5, 0.6) is 0 Å². The van der Waals surface area contributed by atoms with E-state index in [-0.39, 0.29) is 5.78 Å². The molecule has 78 valence electrons. The van der Waals surface area contributed by atoms with Crippen LogP contribution in [-0.4, -0.2) is 37.9 Å². The summed E-state index contributed by atoms with van der Waals surface area (Å²) in [5.41, 5.74) is 0. The molecule has 0 bridgehead atoms. The largest absolute Gasteiger partial charge is 0.300 e. The molecule has 1 saturated heterocycles. The number of ketones is 1. The molecule has 5 heteroatoms. The summed E-state index contributed by atoms with van der Waals surface area (Å²) >= 11 is 0. The zero-order valence-electron chi connectivity index (χ0n) is 8.41. The van der Waals surface area contributed by atoms with Gasteiger partial charge in [-0.2, -0.15) is 0 Å². The van der Waals surface area contributed by atoms with E-state index in [1.165, 1.54) is 10.6 Å². The summed E-state index contributed by atoms with van der Waals surface area (Å²) < 4.78 is 23.2. The van der Waals surface area contributed by atoms with Crippen molar-refractivity contribution in [2.24, 2.45) is 0 Å². The summed E-state index contributed by atoms with van der Waals surface area (Å²) in [5.74, 6) is 0.157. The van der Waals surface area contributed by atoms with Crippen LogP contribution in [0.3, 0.4) is 0 Å². The summed E-state index contributed by atoms with van der Waals surface area (Å²) in [5, 5.41) is 0. The number of carbonyl (C=O) groups excluding carboxylic acids is 1. The van der Waals surface area contributed by atoms with Crippen molar-refractivity contribution in [3.8, 4) is 0 Å². The maximum Gasteiger partial charge on any atom is 0.211 e. The van der Waals surface area contributed by atoms with E-state index in [0.29, 0.717) is 25.9 Å². The third kappa shape index (κ3) is 4.38. The van der Waals surface area contributed by atoms with Crippen LogP contribution < -0.4 is 0 Å². The second kappa shape index (κ2) is 5.34. The van der Waals surface area contributed by atoms with Crippen LogP contribution in [-0.2, 0) is 14.8 Å². The highest BCUT2D eigenvalue weighted by Gasteiger charge is 2.22. The first-order chi connectivity index (χ1) is 6.00. The molecule has 1 aliphatic rings. The van der Waals surface area contributed by atoms with Gasteiger partial charge in [-0.15, -0.1) is 0 Å². The van der Waals surface area contributed by atoms with Crippen molar-refractivity contribution in [2.45, 2.75) is 26.7 Å². The molecule has 0 aromatic carbocycles. The molecule has 4 nitrogen and oxygen atoms in total. The van der Waals surface area contributed by atoms with E-state index in [1.807, 2.05) is 13.8 Å². The minimum absolute atomic E-state index is 0.157. The van der Waals surface area contributed by atoms with Gasteiger partial charge in [0.05, 0.1) is 6.26 Å². The lowest BCUT2D eigenvalue weighted by atomic mass is 10.1. The molecule has 0 aromatic rings. The van der Waals surface area contributed by atoms with E-state index >= 15 is 0 Å². The molecule has 0 N–H and O–H groups in total. The fourth-order valence-electron chi connectivity index (χ4n) is 1.07. The molecular formula is C8H17NO3S. The smallest absolute Gasteiger partial charge is 0.211 e. The molecule has 13 heavy (non-hydrogen) atoms. The molecule has 0 aliphatic carbocycles. The van der Waals surface area contributed by atoms with E-state index in [1.54, 1.807) is 0 Å². The Morgan fingerprint density at radius 2 is 1.54 bits per heavy atom. The Morgan fingerprint density at radius 3 is 1.85 bits per heavy atom. The summed E-state index contributed by atoms with van der Waals surface area (Å²) in [4.78, 5) is 10.7. The van der Waals surface area contributed by atoms with Crippen LogP contribution in [0.2, 0.25) is 0 Å². The lowest BCUT2D eigenvalue weighted by molar-refractivity contribution is -0.120.